The van der Waals surface area contributed by atoms with Crippen LogP contribution in [0, 0.1) is 6.92 Å². The molecule has 0 bridgehead atoms. The number of rotatable bonds is 3. The number of carbonyl (C=O) groups excluding carboxylic acids is 1. The second-order valence-electron chi connectivity index (χ2n) is 4.08. The van der Waals surface area contributed by atoms with Crippen molar-refractivity contribution in [1.29, 1.82) is 0 Å². The highest BCUT2D eigenvalue weighted by molar-refractivity contribution is 6.30. The molecule has 0 aliphatic carbocycles. The van der Waals surface area contributed by atoms with E-state index >= 15 is 0 Å². The van der Waals surface area contributed by atoms with Gasteiger partial charge in [0.05, 0.1) is 0 Å². The number of nitrogens with one attached hydrogen (secondary N) is 2. The maximum Gasteiger partial charge on any atom is 0.255 e. The number of hydrogen-bond donors (Lipinski definition) is 2. The van der Waals surface area contributed by atoms with Crippen molar-refractivity contribution in [1.82, 2.24) is 4.98 Å². The van der Waals surface area contributed by atoms with Crippen molar-refractivity contribution in [3.8, 4) is 0 Å². The zero-order chi connectivity index (χ0) is 13.8. The van der Waals surface area contributed by atoms with Gasteiger partial charge in [0.1, 0.15) is 11.0 Å². The number of carbonyl (C=O) groups is 1. The van der Waals surface area contributed by atoms with E-state index in [1.807, 2.05) is 31.2 Å². The van der Waals surface area contributed by atoms with Gasteiger partial charge in [-0.1, -0.05) is 29.8 Å². The summed E-state index contributed by atoms with van der Waals surface area (Å²) in [6.07, 6.45) is 0. The van der Waals surface area contributed by atoms with Gasteiger partial charge in [0.15, 0.2) is 0 Å². The number of amides is 1. The van der Waals surface area contributed by atoms with Gasteiger partial charge in [-0.3, -0.25) is 4.79 Å². The van der Waals surface area contributed by atoms with E-state index in [-0.39, 0.29) is 11.1 Å². The number of pyridine rings is 1. The van der Waals surface area contributed by atoms with Crippen LogP contribution >= 0.6 is 11.6 Å². The molecule has 0 radical (unpaired) electrons. The van der Waals surface area contributed by atoms with Gasteiger partial charge in [-0.05, 0) is 30.7 Å². The summed E-state index contributed by atoms with van der Waals surface area (Å²) < 4.78 is 0. The van der Waals surface area contributed by atoms with E-state index in [2.05, 4.69) is 15.6 Å². The van der Waals surface area contributed by atoms with Gasteiger partial charge in [-0.2, -0.15) is 0 Å². The van der Waals surface area contributed by atoms with Gasteiger partial charge in [0, 0.05) is 18.3 Å². The number of anilines is 2. The van der Waals surface area contributed by atoms with Crippen LogP contribution < -0.4 is 10.6 Å². The molecule has 0 aliphatic heterocycles. The Bertz CT molecular complexity index is 613. The van der Waals surface area contributed by atoms with Crippen LogP contribution in [0.3, 0.4) is 0 Å². The van der Waals surface area contributed by atoms with Gasteiger partial charge < -0.3 is 10.6 Å². The molecule has 4 nitrogen and oxygen atoms in total. The Hall–Kier alpha value is -2.07. The zero-order valence-corrected chi connectivity index (χ0v) is 11.5. The van der Waals surface area contributed by atoms with Crippen molar-refractivity contribution in [2.45, 2.75) is 6.92 Å². The van der Waals surface area contributed by atoms with Crippen LogP contribution in [0.1, 0.15) is 15.9 Å². The molecule has 0 aliphatic rings. The Labute approximate surface area is 116 Å². The fraction of sp³-hybridized carbons (Fsp3) is 0.143. The molecule has 0 saturated carbocycles. The molecular weight excluding hydrogens is 262 g/mol. The first-order chi connectivity index (χ1) is 9.10. The molecule has 1 aromatic carbocycles. The van der Waals surface area contributed by atoms with E-state index in [1.54, 1.807) is 13.1 Å². The molecule has 5 heteroatoms. The molecule has 0 saturated heterocycles. The van der Waals surface area contributed by atoms with Crippen LogP contribution in [-0.4, -0.2) is 17.9 Å². The largest absolute Gasteiger partial charge is 0.373 e. The van der Waals surface area contributed by atoms with Crippen molar-refractivity contribution in [2.24, 2.45) is 0 Å². The van der Waals surface area contributed by atoms with Gasteiger partial charge in [0.25, 0.3) is 5.91 Å². The summed E-state index contributed by atoms with van der Waals surface area (Å²) >= 11 is 5.88. The Balaban J connectivity index is 2.25. The Morgan fingerprint density at radius 2 is 2.00 bits per heavy atom. The molecule has 1 heterocycles. The predicted molar refractivity (Wildman–Crippen MR) is 77.9 cm³/mol. The fourth-order valence-electron chi connectivity index (χ4n) is 1.66. The van der Waals surface area contributed by atoms with Crippen LogP contribution in [-0.2, 0) is 0 Å². The molecule has 2 rings (SSSR count). The summed E-state index contributed by atoms with van der Waals surface area (Å²) in [5.41, 5.74) is 2.25. The smallest absolute Gasteiger partial charge is 0.255 e. The molecule has 0 atom stereocenters. The van der Waals surface area contributed by atoms with Crippen LogP contribution in [0.5, 0.6) is 0 Å². The van der Waals surface area contributed by atoms with E-state index in [0.29, 0.717) is 11.4 Å². The lowest BCUT2D eigenvalue weighted by Crippen LogP contribution is -2.13. The standard InChI is InChI=1S/C14H14ClN3O/c1-9-5-3-4-6-11(9)17-14(19)10-7-12(15)18-13(8-10)16-2/h3-8H,1-2H3,(H,16,18)(H,17,19). The maximum atomic E-state index is 12.2. The van der Waals surface area contributed by atoms with Crippen LogP contribution in [0.25, 0.3) is 0 Å². The Morgan fingerprint density at radius 1 is 1.26 bits per heavy atom. The summed E-state index contributed by atoms with van der Waals surface area (Å²) in [5, 5.41) is 5.99. The molecule has 19 heavy (non-hydrogen) atoms. The number of hydrogen-bond acceptors (Lipinski definition) is 3. The number of aryl methyl sites for hydroxylation is 1. The van der Waals surface area contributed by atoms with E-state index in [4.69, 9.17) is 11.6 Å². The van der Waals surface area contributed by atoms with Crippen molar-refractivity contribution < 1.29 is 4.79 Å². The van der Waals surface area contributed by atoms with Crippen LogP contribution in [0.15, 0.2) is 36.4 Å². The normalized spacial score (nSPS) is 10.1. The number of aromatic nitrogens is 1. The third-order valence-electron chi connectivity index (χ3n) is 2.71. The lowest BCUT2D eigenvalue weighted by atomic mass is 10.2. The molecule has 98 valence electrons. The Kier molecular flexibility index (Phi) is 4.02. The first kappa shape index (κ1) is 13.4. The average Bonchev–Trinajstić information content (AvgIpc) is 2.40. The van der Waals surface area contributed by atoms with Gasteiger partial charge in [0.2, 0.25) is 0 Å². The number of halogens is 1. The first-order valence-electron chi connectivity index (χ1n) is 5.82. The quantitative estimate of drug-likeness (QED) is 0.845. The number of benzene rings is 1. The molecule has 2 N–H and O–H groups in total. The highest BCUT2D eigenvalue weighted by atomic mass is 35.5. The van der Waals surface area contributed by atoms with Gasteiger partial charge in [-0.15, -0.1) is 0 Å². The van der Waals surface area contributed by atoms with Crippen molar-refractivity contribution in [3.63, 3.8) is 0 Å². The lowest BCUT2D eigenvalue weighted by Gasteiger charge is -2.09. The molecule has 1 amide bonds. The topological polar surface area (TPSA) is 54.0 Å². The Morgan fingerprint density at radius 3 is 2.68 bits per heavy atom. The minimum absolute atomic E-state index is 0.213. The maximum absolute atomic E-state index is 12.2. The highest BCUT2D eigenvalue weighted by Crippen LogP contribution is 2.18. The monoisotopic (exact) mass is 275 g/mol. The first-order valence-corrected chi connectivity index (χ1v) is 6.20. The molecule has 0 spiro atoms. The second-order valence-corrected chi connectivity index (χ2v) is 4.47. The summed E-state index contributed by atoms with van der Waals surface area (Å²) in [7, 11) is 1.72. The summed E-state index contributed by atoms with van der Waals surface area (Å²) in [4.78, 5) is 16.2. The lowest BCUT2D eigenvalue weighted by molar-refractivity contribution is 0.102. The van der Waals surface area contributed by atoms with Crippen LogP contribution in [0.2, 0.25) is 5.15 Å². The van der Waals surface area contributed by atoms with E-state index < -0.39 is 0 Å². The third kappa shape index (κ3) is 3.23. The predicted octanol–water partition coefficient (Wildman–Crippen LogP) is 3.34. The minimum atomic E-state index is -0.213. The second kappa shape index (κ2) is 5.71. The molecule has 0 fully saturated rings. The van der Waals surface area contributed by atoms with Gasteiger partial charge in [-0.25, -0.2) is 4.98 Å². The van der Waals surface area contributed by atoms with Crippen molar-refractivity contribution in [2.75, 3.05) is 17.7 Å². The molecule has 1 aromatic heterocycles. The summed E-state index contributed by atoms with van der Waals surface area (Å²) in [5.74, 6) is 0.345. The number of nitrogens with zero attached hydrogens (tertiary/aromatic N) is 1. The highest BCUT2D eigenvalue weighted by Gasteiger charge is 2.10. The van der Waals surface area contributed by atoms with E-state index in [0.717, 1.165) is 11.3 Å². The SMILES string of the molecule is CNc1cc(C(=O)Nc2ccccc2C)cc(Cl)n1. The summed E-state index contributed by atoms with van der Waals surface area (Å²) in [6.45, 7) is 1.94. The number of para-hydroxylation sites is 1. The van der Waals surface area contributed by atoms with E-state index in [1.165, 1.54) is 6.07 Å². The van der Waals surface area contributed by atoms with E-state index in [9.17, 15) is 4.79 Å². The minimum Gasteiger partial charge on any atom is -0.373 e. The third-order valence-corrected chi connectivity index (χ3v) is 2.90. The molecular formula is C14H14ClN3O. The molecule has 0 unspecified atom stereocenters. The van der Waals surface area contributed by atoms with Crippen molar-refractivity contribution in [3.05, 3.63) is 52.7 Å². The molecule has 2 aromatic rings. The fourth-order valence-corrected chi connectivity index (χ4v) is 1.87. The average molecular weight is 276 g/mol. The van der Waals surface area contributed by atoms with Crippen LogP contribution in [0.4, 0.5) is 11.5 Å². The van der Waals surface area contributed by atoms with Crippen molar-refractivity contribution >= 4 is 29.0 Å². The summed E-state index contributed by atoms with van der Waals surface area (Å²) in [6, 6.07) is 10.8. The van der Waals surface area contributed by atoms with Gasteiger partial charge >= 0.3 is 0 Å². The zero-order valence-electron chi connectivity index (χ0n) is 10.7.